The molecule has 0 radical (unpaired) electrons. The van der Waals surface area contributed by atoms with Gasteiger partial charge in [0.1, 0.15) is 0 Å². The number of nitrogens with zero attached hydrogens (tertiary/aromatic N) is 1. The van der Waals surface area contributed by atoms with Crippen molar-refractivity contribution in [3.05, 3.63) is 35.4 Å². The molecule has 1 N–H and O–H groups in total. The van der Waals surface area contributed by atoms with Crippen molar-refractivity contribution >= 4 is 0 Å². The summed E-state index contributed by atoms with van der Waals surface area (Å²) in [7, 11) is 0. The number of benzene rings is 1. The molecule has 1 aliphatic heterocycles. The molecule has 1 aromatic rings. The molecule has 0 spiro atoms. The molecule has 0 aromatic heterocycles. The lowest BCUT2D eigenvalue weighted by Crippen LogP contribution is -2.56. The van der Waals surface area contributed by atoms with Crippen molar-refractivity contribution in [3.8, 4) is 0 Å². The Morgan fingerprint density at radius 1 is 1.29 bits per heavy atom. The maximum Gasteiger partial charge on any atom is 0.159 e. The highest BCUT2D eigenvalue weighted by Gasteiger charge is 2.23. The highest BCUT2D eigenvalue weighted by atomic mass is 19.2. The van der Waals surface area contributed by atoms with E-state index in [1.54, 1.807) is 6.07 Å². The second-order valence-corrected chi connectivity index (χ2v) is 4.53. The van der Waals surface area contributed by atoms with Gasteiger partial charge in [-0.2, -0.15) is 0 Å². The van der Waals surface area contributed by atoms with Gasteiger partial charge in [0, 0.05) is 25.7 Å². The van der Waals surface area contributed by atoms with Gasteiger partial charge >= 0.3 is 0 Å². The summed E-state index contributed by atoms with van der Waals surface area (Å²) in [4.78, 5) is 2.32. The molecule has 2 nitrogen and oxygen atoms in total. The topological polar surface area (TPSA) is 15.3 Å². The number of hydrogen-bond donors (Lipinski definition) is 1. The lowest BCUT2D eigenvalue weighted by molar-refractivity contribution is 0.137. The van der Waals surface area contributed by atoms with Gasteiger partial charge in [-0.05, 0) is 30.7 Å². The zero-order chi connectivity index (χ0) is 12.3. The smallest absolute Gasteiger partial charge is 0.159 e. The van der Waals surface area contributed by atoms with Crippen molar-refractivity contribution in [3.63, 3.8) is 0 Å². The first kappa shape index (κ1) is 12.5. The molecule has 1 aromatic carbocycles. The highest BCUT2D eigenvalue weighted by molar-refractivity contribution is 5.18. The van der Waals surface area contributed by atoms with Crippen LogP contribution >= 0.6 is 0 Å². The van der Waals surface area contributed by atoms with Crippen molar-refractivity contribution in [1.29, 1.82) is 0 Å². The second kappa shape index (κ2) is 5.56. The van der Waals surface area contributed by atoms with Crippen LogP contribution in [0.4, 0.5) is 8.78 Å². The third-order valence-electron chi connectivity index (χ3n) is 3.16. The van der Waals surface area contributed by atoms with E-state index in [-0.39, 0.29) is 0 Å². The summed E-state index contributed by atoms with van der Waals surface area (Å²) in [6, 6.07) is 4.69. The molecule has 4 heteroatoms. The van der Waals surface area contributed by atoms with Crippen LogP contribution < -0.4 is 5.32 Å². The molecule has 0 unspecified atom stereocenters. The molecule has 94 valence electrons. The van der Waals surface area contributed by atoms with E-state index in [0.29, 0.717) is 12.6 Å². The zero-order valence-electron chi connectivity index (χ0n) is 10.0. The Hall–Kier alpha value is -1.00. The Kier molecular flexibility index (Phi) is 4.07. The molecule has 0 amide bonds. The Labute approximate surface area is 101 Å². The van der Waals surface area contributed by atoms with Crippen molar-refractivity contribution in [2.24, 2.45) is 0 Å². The van der Waals surface area contributed by atoms with Crippen LogP contribution in [0.25, 0.3) is 0 Å². The molecule has 17 heavy (non-hydrogen) atoms. The van der Waals surface area contributed by atoms with Crippen LogP contribution in [0.5, 0.6) is 0 Å². The third-order valence-corrected chi connectivity index (χ3v) is 3.16. The first-order valence-electron chi connectivity index (χ1n) is 6.09. The summed E-state index contributed by atoms with van der Waals surface area (Å²) in [5.74, 6) is -1.54. The van der Waals surface area contributed by atoms with E-state index in [2.05, 4.69) is 17.1 Å². The fraction of sp³-hybridized carbons (Fsp3) is 0.538. The van der Waals surface area contributed by atoms with Crippen molar-refractivity contribution in [2.75, 3.05) is 19.6 Å². The minimum absolute atomic E-state index is 0.531. The lowest BCUT2D eigenvalue weighted by Gasteiger charge is -2.38. The molecule has 1 aliphatic rings. The van der Waals surface area contributed by atoms with Gasteiger partial charge in [0.15, 0.2) is 11.6 Å². The summed E-state index contributed by atoms with van der Waals surface area (Å²) < 4.78 is 25.9. The van der Waals surface area contributed by atoms with Crippen LogP contribution in [0.3, 0.4) is 0 Å². The fourth-order valence-corrected chi connectivity index (χ4v) is 2.08. The number of hydrogen-bond acceptors (Lipinski definition) is 2. The maximum absolute atomic E-state index is 13.1. The quantitative estimate of drug-likeness (QED) is 0.848. The van der Waals surface area contributed by atoms with E-state index in [1.165, 1.54) is 12.1 Å². The maximum atomic E-state index is 13.1. The molecule has 2 rings (SSSR count). The molecular weight excluding hydrogens is 222 g/mol. The molecule has 1 fully saturated rings. The van der Waals surface area contributed by atoms with Crippen molar-refractivity contribution < 1.29 is 8.78 Å². The first-order chi connectivity index (χ1) is 8.20. The van der Waals surface area contributed by atoms with E-state index >= 15 is 0 Å². The lowest BCUT2D eigenvalue weighted by atomic mass is 10.1. The largest absolute Gasteiger partial charge is 0.314 e. The first-order valence-corrected chi connectivity index (χ1v) is 6.09. The van der Waals surface area contributed by atoms with E-state index in [4.69, 9.17) is 0 Å². The summed E-state index contributed by atoms with van der Waals surface area (Å²) in [5, 5.41) is 3.23. The van der Waals surface area contributed by atoms with Crippen LogP contribution in [0.15, 0.2) is 18.2 Å². The molecule has 1 heterocycles. The fourth-order valence-electron chi connectivity index (χ4n) is 2.08. The van der Waals surface area contributed by atoms with Crippen molar-refractivity contribution in [1.82, 2.24) is 10.2 Å². The molecule has 0 saturated carbocycles. The minimum atomic E-state index is -0.777. The molecule has 0 atom stereocenters. The summed E-state index contributed by atoms with van der Waals surface area (Å²) in [6.45, 7) is 5.79. The van der Waals surface area contributed by atoms with Crippen LogP contribution in [0, 0.1) is 11.6 Å². The van der Waals surface area contributed by atoms with E-state index in [1.807, 2.05) is 0 Å². The average Bonchev–Trinajstić information content (AvgIpc) is 2.21. The Morgan fingerprint density at radius 3 is 2.59 bits per heavy atom. The van der Waals surface area contributed by atoms with Crippen LogP contribution in [-0.2, 0) is 6.54 Å². The van der Waals surface area contributed by atoms with Gasteiger partial charge in [0.05, 0.1) is 0 Å². The molecule has 0 aliphatic carbocycles. The zero-order valence-corrected chi connectivity index (χ0v) is 10.0. The molecule has 1 saturated heterocycles. The summed E-state index contributed by atoms with van der Waals surface area (Å²) >= 11 is 0. The molecule has 0 bridgehead atoms. The minimum Gasteiger partial charge on any atom is -0.314 e. The number of halogens is 2. The van der Waals surface area contributed by atoms with Gasteiger partial charge in [-0.15, -0.1) is 0 Å². The van der Waals surface area contributed by atoms with E-state index in [9.17, 15) is 8.78 Å². The Bertz CT molecular complexity index is 378. The monoisotopic (exact) mass is 240 g/mol. The average molecular weight is 240 g/mol. The predicted molar refractivity (Wildman–Crippen MR) is 63.7 cm³/mol. The Balaban J connectivity index is 2.02. The van der Waals surface area contributed by atoms with Gasteiger partial charge in [0.2, 0.25) is 0 Å². The van der Waals surface area contributed by atoms with Gasteiger partial charge in [-0.25, -0.2) is 8.78 Å². The SMILES string of the molecule is CCCN(Cc1ccc(F)c(F)c1)C1CNC1. The predicted octanol–water partition coefficient (Wildman–Crippen LogP) is 2.15. The number of nitrogens with one attached hydrogen (secondary N) is 1. The Morgan fingerprint density at radius 2 is 2.06 bits per heavy atom. The van der Waals surface area contributed by atoms with Gasteiger partial charge in [0.25, 0.3) is 0 Å². The van der Waals surface area contributed by atoms with Gasteiger partial charge < -0.3 is 5.32 Å². The summed E-state index contributed by atoms with van der Waals surface area (Å²) in [6.07, 6.45) is 1.07. The summed E-state index contributed by atoms with van der Waals surface area (Å²) in [5.41, 5.74) is 0.837. The number of rotatable bonds is 5. The molecular formula is C13H18F2N2. The van der Waals surface area contributed by atoms with Crippen LogP contribution in [0.1, 0.15) is 18.9 Å². The van der Waals surface area contributed by atoms with E-state index in [0.717, 1.165) is 31.6 Å². The second-order valence-electron chi connectivity index (χ2n) is 4.53. The van der Waals surface area contributed by atoms with Crippen LogP contribution in [0.2, 0.25) is 0 Å². The van der Waals surface area contributed by atoms with Crippen LogP contribution in [-0.4, -0.2) is 30.6 Å². The normalized spacial score (nSPS) is 16.2. The third kappa shape index (κ3) is 3.01. The highest BCUT2D eigenvalue weighted by Crippen LogP contribution is 2.14. The van der Waals surface area contributed by atoms with Gasteiger partial charge in [-0.1, -0.05) is 13.0 Å². The van der Waals surface area contributed by atoms with Crippen molar-refractivity contribution in [2.45, 2.75) is 25.9 Å². The van der Waals surface area contributed by atoms with Gasteiger partial charge in [-0.3, -0.25) is 4.90 Å². The standard InChI is InChI=1S/C13H18F2N2/c1-2-5-17(11-7-16-8-11)9-10-3-4-12(14)13(15)6-10/h3-4,6,11,16H,2,5,7-9H2,1H3. The van der Waals surface area contributed by atoms with E-state index < -0.39 is 11.6 Å².